The number of nitrogens with zero attached hydrogens (tertiary/aromatic N) is 3. The Hall–Kier alpha value is -2.13. The quantitative estimate of drug-likeness (QED) is 0.106. The van der Waals surface area contributed by atoms with E-state index in [-0.39, 0.29) is 12.8 Å². The van der Waals surface area contributed by atoms with Crippen LogP contribution in [0.5, 0.6) is 0 Å². The zero-order chi connectivity index (χ0) is 21.9. The maximum atomic E-state index is 11.1. The topological polar surface area (TPSA) is 146 Å². The molecule has 0 radical (unpaired) electrons. The summed E-state index contributed by atoms with van der Waals surface area (Å²) < 4.78 is 0. The Labute approximate surface area is 170 Å². The second-order valence-electron chi connectivity index (χ2n) is 8.17. The van der Waals surface area contributed by atoms with Crippen LogP contribution in [-0.2, 0) is 4.79 Å². The number of rotatable bonds is 18. The molecule has 1 aliphatic carbocycles. The highest BCUT2D eigenvalue weighted by Gasteiger charge is 2.70. The maximum Gasteiger partial charge on any atom is 0.577 e. The van der Waals surface area contributed by atoms with Gasteiger partial charge in [0.05, 0.1) is 0 Å². The molecule has 10 heteroatoms. The zero-order valence-corrected chi connectivity index (χ0v) is 17.2. The fourth-order valence-electron chi connectivity index (χ4n) is 4.07. The third kappa shape index (κ3) is 7.32. The first-order valence-electron chi connectivity index (χ1n) is 10.7. The first-order valence-corrected chi connectivity index (χ1v) is 10.7. The van der Waals surface area contributed by atoms with E-state index in [9.17, 15) is 35.1 Å². The Bertz CT molecular complexity index is 556. The van der Waals surface area contributed by atoms with Crippen molar-refractivity contribution in [3.05, 3.63) is 30.3 Å². The fraction of sp³-hybridized carbons (Fsp3) is 0.947. The van der Waals surface area contributed by atoms with E-state index in [1.165, 1.54) is 44.9 Å². The summed E-state index contributed by atoms with van der Waals surface area (Å²) in [5.41, 5.74) is -3.42. The summed E-state index contributed by atoms with van der Waals surface area (Å²) in [6, 6.07) is -2.16. The van der Waals surface area contributed by atoms with Crippen LogP contribution in [0.25, 0.3) is 0 Å². The summed E-state index contributed by atoms with van der Waals surface area (Å²) in [6.45, 7) is 2.21. The average Bonchev–Trinajstić information content (AvgIpc) is 3.41. The van der Waals surface area contributed by atoms with Crippen LogP contribution in [0.3, 0.4) is 0 Å². The van der Waals surface area contributed by atoms with Gasteiger partial charge in [-0.25, -0.2) is 0 Å². The molecule has 0 N–H and O–H groups in total. The molecule has 1 rings (SSSR count). The van der Waals surface area contributed by atoms with Gasteiger partial charge in [0.1, 0.15) is 9.85 Å². The van der Waals surface area contributed by atoms with Crippen molar-refractivity contribution in [2.24, 2.45) is 11.8 Å². The number of carbonyl (C=O) groups is 1. The van der Waals surface area contributed by atoms with E-state index < -0.39 is 32.8 Å². The summed E-state index contributed by atoms with van der Waals surface area (Å²) in [4.78, 5) is 40.3. The Kier molecular flexibility index (Phi) is 10.7. The second kappa shape index (κ2) is 12.4. The minimum atomic E-state index is -3.42. The van der Waals surface area contributed by atoms with E-state index in [2.05, 4.69) is 6.92 Å². The van der Waals surface area contributed by atoms with Crippen molar-refractivity contribution in [1.82, 2.24) is 0 Å². The van der Waals surface area contributed by atoms with Crippen LogP contribution in [0.4, 0.5) is 0 Å². The molecule has 0 bridgehead atoms. The summed E-state index contributed by atoms with van der Waals surface area (Å²) in [5, 5.41) is 33.2. The lowest BCUT2D eigenvalue weighted by Gasteiger charge is -2.15. The molecule has 0 aromatic heterocycles. The molecule has 3 unspecified atom stereocenters. The minimum Gasteiger partial charge on any atom is -0.287 e. The molecule has 29 heavy (non-hydrogen) atoms. The third-order valence-electron chi connectivity index (χ3n) is 6.05. The molecule has 1 saturated carbocycles. The van der Waals surface area contributed by atoms with Crippen LogP contribution < -0.4 is 0 Å². The SMILES string of the molecule is CCCCCCC1CC1CCCCCCCC([N+](=O)[O-])C(C=O)([N+](=O)[O-])[N+](=O)[O-]. The summed E-state index contributed by atoms with van der Waals surface area (Å²) in [7, 11) is 0. The Morgan fingerprint density at radius 3 is 1.79 bits per heavy atom. The zero-order valence-electron chi connectivity index (χ0n) is 17.2. The third-order valence-corrected chi connectivity index (χ3v) is 6.05. The summed E-state index contributed by atoms with van der Waals surface area (Å²) >= 11 is 0. The number of hydrogen-bond donors (Lipinski definition) is 0. The van der Waals surface area contributed by atoms with Crippen molar-refractivity contribution in [3.63, 3.8) is 0 Å². The number of aldehydes is 1. The van der Waals surface area contributed by atoms with Gasteiger partial charge in [-0.05, 0) is 24.7 Å². The minimum absolute atomic E-state index is 0.242. The molecule has 1 aliphatic rings. The molecule has 0 heterocycles. The van der Waals surface area contributed by atoms with Crippen LogP contribution in [0.2, 0.25) is 0 Å². The number of carbonyl (C=O) groups excluding carboxylic acids is 1. The van der Waals surface area contributed by atoms with Crippen LogP contribution in [-0.4, -0.2) is 32.8 Å². The van der Waals surface area contributed by atoms with Crippen molar-refractivity contribution in [3.8, 4) is 0 Å². The highest BCUT2D eigenvalue weighted by atomic mass is 16.7. The monoisotopic (exact) mass is 415 g/mol. The molecule has 166 valence electrons. The Morgan fingerprint density at radius 2 is 1.34 bits per heavy atom. The molecule has 0 aliphatic heterocycles. The van der Waals surface area contributed by atoms with E-state index in [1.54, 1.807) is 0 Å². The molecule has 10 nitrogen and oxygen atoms in total. The van der Waals surface area contributed by atoms with E-state index in [0.29, 0.717) is 6.42 Å². The highest BCUT2D eigenvalue weighted by Crippen LogP contribution is 2.45. The van der Waals surface area contributed by atoms with Gasteiger partial charge < -0.3 is 0 Å². The molecule has 3 atom stereocenters. The molecule has 0 spiro atoms. The highest BCUT2D eigenvalue weighted by molar-refractivity contribution is 5.60. The molecule has 0 aromatic carbocycles. The van der Waals surface area contributed by atoms with Crippen LogP contribution >= 0.6 is 0 Å². The van der Waals surface area contributed by atoms with Crippen molar-refractivity contribution in [2.45, 2.75) is 102 Å². The van der Waals surface area contributed by atoms with Crippen molar-refractivity contribution in [2.75, 3.05) is 0 Å². The first-order chi connectivity index (χ1) is 13.8. The Morgan fingerprint density at radius 1 is 0.862 bits per heavy atom. The van der Waals surface area contributed by atoms with Crippen LogP contribution in [0.15, 0.2) is 0 Å². The van der Waals surface area contributed by atoms with Gasteiger partial charge in [-0.15, -0.1) is 0 Å². The lowest BCUT2D eigenvalue weighted by molar-refractivity contribution is -0.812. The van der Waals surface area contributed by atoms with Crippen LogP contribution in [0.1, 0.15) is 90.4 Å². The lowest BCUT2D eigenvalue weighted by Crippen LogP contribution is -2.60. The largest absolute Gasteiger partial charge is 0.577 e. The van der Waals surface area contributed by atoms with E-state index in [0.717, 1.165) is 31.1 Å². The van der Waals surface area contributed by atoms with Crippen LogP contribution in [0, 0.1) is 42.2 Å². The van der Waals surface area contributed by atoms with Crippen molar-refractivity contribution >= 4 is 6.29 Å². The number of nitro groups is 3. The summed E-state index contributed by atoms with van der Waals surface area (Å²) in [5.74, 6) is 1.72. The van der Waals surface area contributed by atoms with Gasteiger partial charge >= 0.3 is 11.7 Å². The maximum absolute atomic E-state index is 11.1. The van der Waals surface area contributed by atoms with Crippen molar-refractivity contribution in [1.29, 1.82) is 0 Å². The van der Waals surface area contributed by atoms with Gasteiger partial charge in [0.15, 0.2) is 0 Å². The standard InChI is InChI=1S/C19H33N3O7/c1-2-3-4-8-11-16-14-17(16)12-9-6-5-7-10-13-18(20(24)25)19(15-23,21(26)27)22(28)29/h15-18H,2-14H2,1H3. The lowest BCUT2D eigenvalue weighted by atomic mass is 9.96. The number of unbranched alkanes of at least 4 members (excludes halogenated alkanes) is 7. The second-order valence-corrected chi connectivity index (χ2v) is 8.17. The molecule has 0 amide bonds. The Balaban J connectivity index is 2.24. The van der Waals surface area contributed by atoms with Gasteiger partial charge in [0, 0.05) is 11.3 Å². The predicted molar refractivity (Wildman–Crippen MR) is 106 cm³/mol. The van der Waals surface area contributed by atoms with Gasteiger partial charge in [0.25, 0.3) is 6.29 Å². The van der Waals surface area contributed by atoms with Gasteiger partial charge in [0.2, 0.25) is 0 Å². The molecule has 0 aromatic rings. The first kappa shape index (κ1) is 24.9. The van der Waals surface area contributed by atoms with Gasteiger partial charge in [-0.3, -0.25) is 35.1 Å². The number of hydrogen-bond acceptors (Lipinski definition) is 7. The van der Waals surface area contributed by atoms with E-state index >= 15 is 0 Å². The fourth-order valence-corrected chi connectivity index (χ4v) is 4.07. The summed E-state index contributed by atoms with van der Waals surface area (Å²) in [6.07, 6.45) is 11.9. The molecule has 1 fully saturated rings. The normalized spacial score (nSPS) is 19.5. The molecular weight excluding hydrogens is 382 g/mol. The smallest absolute Gasteiger partial charge is 0.287 e. The van der Waals surface area contributed by atoms with E-state index in [4.69, 9.17) is 0 Å². The molecular formula is C19H33N3O7. The average molecular weight is 415 g/mol. The predicted octanol–water partition coefficient (Wildman–Crippen LogP) is 4.42. The van der Waals surface area contributed by atoms with Crippen molar-refractivity contribution < 1.29 is 19.6 Å². The molecule has 0 saturated heterocycles. The van der Waals surface area contributed by atoms with Gasteiger partial charge in [-0.2, -0.15) is 0 Å². The van der Waals surface area contributed by atoms with Gasteiger partial charge in [-0.1, -0.05) is 71.1 Å². The van der Waals surface area contributed by atoms with E-state index in [1.807, 2.05) is 0 Å².